The summed E-state index contributed by atoms with van der Waals surface area (Å²) in [5.41, 5.74) is -0.654. The second kappa shape index (κ2) is 8.24. The van der Waals surface area contributed by atoms with Gasteiger partial charge in [0.25, 0.3) is 0 Å². The van der Waals surface area contributed by atoms with E-state index in [1.807, 2.05) is 27.7 Å². The number of aromatic nitrogens is 1. The van der Waals surface area contributed by atoms with Gasteiger partial charge in [-0.1, -0.05) is 6.92 Å². The van der Waals surface area contributed by atoms with E-state index in [4.69, 9.17) is 14.2 Å². The van der Waals surface area contributed by atoms with Crippen LogP contribution in [-0.2, 0) is 16.0 Å². The average molecular weight is 393 g/mol. The fourth-order valence-corrected chi connectivity index (χ4v) is 2.57. The lowest BCUT2D eigenvalue weighted by Gasteiger charge is -2.27. The number of carbonyl (C=O) groups is 2. The first kappa shape index (κ1) is 21.8. The Kier molecular flexibility index (Phi) is 6.41. The van der Waals surface area contributed by atoms with Crippen LogP contribution in [0.2, 0.25) is 0 Å². The molecule has 2 heterocycles. The maximum absolute atomic E-state index is 12.6. The van der Waals surface area contributed by atoms with E-state index >= 15 is 0 Å². The summed E-state index contributed by atoms with van der Waals surface area (Å²) in [6, 6.07) is 3.40. The van der Waals surface area contributed by atoms with Crippen molar-refractivity contribution >= 4 is 18.0 Å². The summed E-state index contributed by atoms with van der Waals surface area (Å²) in [6.45, 7) is 13.5. The molecule has 0 fully saturated rings. The van der Waals surface area contributed by atoms with E-state index in [0.717, 1.165) is 6.42 Å². The number of amides is 2. The molecule has 28 heavy (non-hydrogen) atoms. The third kappa shape index (κ3) is 6.58. The largest absolute Gasteiger partial charge is 0.487 e. The summed E-state index contributed by atoms with van der Waals surface area (Å²) in [5, 5.41) is 2.61. The lowest BCUT2D eigenvalue weighted by Crippen LogP contribution is -2.40. The Labute approximate surface area is 166 Å². The Bertz CT molecular complexity index is 722. The zero-order chi connectivity index (χ0) is 21.1. The Morgan fingerprint density at radius 1 is 1.18 bits per heavy atom. The van der Waals surface area contributed by atoms with Gasteiger partial charge in [0.05, 0.1) is 13.1 Å². The predicted molar refractivity (Wildman–Crippen MR) is 105 cm³/mol. The van der Waals surface area contributed by atoms with E-state index in [-0.39, 0.29) is 12.6 Å². The minimum absolute atomic E-state index is 0.166. The highest BCUT2D eigenvalue weighted by molar-refractivity contribution is 5.83. The molecule has 0 unspecified atom stereocenters. The van der Waals surface area contributed by atoms with Crippen molar-refractivity contribution in [3.05, 3.63) is 17.8 Å². The first-order valence-electron chi connectivity index (χ1n) is 9.51. The highest BCUT2D eigenvalue weighted by atomic mass is 16.6. The molecule has 1 aromatic rings. The number of nitrogens with zero attached hydrogens (tertiary/aromatic N) is 2. The highest BCUT2D eigenvalue weighted by Crippen LogP contribution is 2.27. The van der Waals surface area contributed by atoms with Gasteiger partial charge < -0.3 is 14.2 Å². The smallest absolute Gasteiger partial charge is 0.413 e. The van der Waals surface area contributed by atoms with Crippen LogP contribution in [0.4, 0.5) is 15.4 Å². The van der Waals surface area contributed by atoms with E-state index in [9.17, 15) is 9.59 Å². The van der Waals surface area contributed by atoms with E-state index in [1.165, 1.54) is 0 Å². The van der Waals surface area contributed by atoms with Gasteiger partial charge in [-0.3, -0.25) is 10.2 Å². The fraction of sp³-hybridized carbons (Fsp3) is 0.650. The second-order valence-electron chi connectivity index (χ2n) is 8.78. The lowest BCUT2D eigenvalue weighted by molar-refractivity contribution is 0.0175. The summed E-state index contributed by atoms with van der Waals surface area (Å²) < 4.78 is 16.8. The van der Waals surface area contributed by atoms with Gasteiger partial charge in [-0.05, 0) is 60.1 Å². The molecule has 1 atom stereocenters. The summed E-state index contributed by atoms with van der Waals surface area (Å²) in [5.74, 6) is 0.920. The number of ether oxygens (including phenoxy) is 3. The van der Waals surface area contributed by atoms with Crippen LogP contribution in [0.25, 0.3) is 0 Å². The molecule has 8 heteroatoms. The molecular weight excluding hydrogens is 362 g/mol. The third-order valence-corrected chi connectivity index (χ3v) is 3.73. The molecule has 1 aliphatic heterocycles. The molecule has 1 N–H and O–H groups in total. The van der Waals surface area contributed by atoms with Gasteiger partial charge in [0.1, 0.15) is 34.6 Å². The minimum atomic E-state index is -0.610. The van der Waals surface area contributed by atoms with E-state index in [0.29, 0.717) is 23.8 Å². The van der Waals surface area contributed by atoms with Crippen molar-refractivity contribution in [3.8, 4) is 5.75 Å². The number of fused-ring (bicyclic) bond motifs is 1. The summed E-state index contributed by atoms with van der Waals surface area (Å²) in [4.78, 5) is 30.6. The standard InChI is InChI=1S/C20H31N3O5/c1-8-13-11-23(18(25)28-20(5,6)7)12-14-15(26-13)9-10-16(21-14)22-17(24)27-19(2,3)4/h9-10,13H,8,11-12H2,1-7H3,(H,21,22,24)/t13-/m1/s1. The topological polar surface area (TPSA) is 90.0 Å². The first-order chi connectivity index (χ1) is 12.9. The number of carbonyl (C=O) groups excluding carboxylic acids is 2. The molecule has 0 aliphatic carbocycles. The zero-order valence-corrected chi connectivity index (χ0v) is 17.8. The number of nitrogens with one attached hydrogen (secondary N) is 1. The molecule has 156 valence electrons. The molecule has 2 amide bonds. The molecule has 0 bridgehead atoms. The van der Waals surface area contributed by atoms with Gasteiger partial charge in [-0.15, -0.1) is 0 Å². The maximum atomic E-state index is 12.6. The Hall–Kier alpha value is -2.51. The molecule has 0 saturated heterocycles. The normalized spacial score (nSPS) is 17.1. The van der Waals surface area contributed by atoms with Crippen molar-refractivity contribution < 1.29 is 23.8 Å². The van der Waals surface area contributed by atoms with Crippen LogP contribution in [0.5, 0.6) is 5.75 Å². The van der Waals surface area contributed by atoms with Crippen molar-refractivity contribution in [2.45, 2.75) is 78.7 Å². The van der Waals surface area contributed by atoms with Gasteiger partial charge in [-0.2, -0.15) is 0 Å². The van der Waals surface area contributed by atoms with E-state index in [2.05, 4.69) is 10.3 Å². The second-order valence-corrected chi connectivity index (χ2v) is 8.78. The number of rotatable bonds is 2. The molecule has 1 aromatic heterocycles. The van der Waals surface area contributed by atoms with Crippen molar-refractivity contribution in [1.82, 2.24) is 9.88 Å². The summed E-state index contributed by atoms with van der Waals surface area (Å²) in [6.07, 6.45) is -0.448. The van der Waals surface area contributed by atoms with Crippen LogP contribution >= 0.6 is 0 Å². The highest BCUT2D eigenvalue weighted by Gasteiger charge is 2.30. The lowest BCUT2D eigenvalue weighted by atomic mass is 10.2. The van der Waals surface area contributed by atoms with E-state index in [1.54, 1.807) is 37.8 Å². The van der Waals surface area contributed by atoms with Gasteiger partial charge in [-0.25, -0.2) is 14.6 Å². The Balaban J connectivity index is 2.22. The van der Waals surface area contributed by atoms with Crippen LogP contribution in [0.3, 0.4) is 0 Å². The number of hydrogen-bond acceptors (Lipinski definition) is 6. The van der Waals surface area contributed by atoms with Crippen LogP contribution in [0, 0.1) is 0 Å². The average Bonchev–Trinajstić information content (AvgIpc) is 2.70. The molecule has 1 aliphatic rings. The quantitative estimate of drug-likeness (QED) is 0.804. The van der Waals surface area contributed by atoms with Crippen LogP contribution in [-0.4, -0.2) is 45.9 Å². The van der Waals surface area contributed by atoms with Crippen molar-refractivity contribution in [2.24, 2.45) is 0 Å². The molecule has 0 saturated carbocycles. The van der Waals surface area contributed by atoms with Crippen molar-refractivity contribution in [3.63, 3.8) is 0 Å². The number of pyridine rings is 1. The predicted octanol–water partition coefficient (Wildman–Crippen LogP) is 4.34. The summed E-state index contributed by atoms with van der Waals surface area (Å²) in [7, 11) is 0. The van der Waals surface area contributed by atoms with E-state index < -0.39 is 23.4 Å². The SMILES string of the molecule is CC[C@@H]1CN(C(=O)OC(C)(C)C)Cc2nc(NC(=O)OC(C)(C)C)ccc2O1. The third-order valence-electron chi connectivity index (χ3n) is 3.73. The van der Waals surface area contributed by atoms with Crippen LogP contribution in [0.1, 0.15) is 60.6 Å². The molecular formula is C20H31N3O5. The van der Waals surface area contributed by atoms with Gasteiger partial charge in [0.15, 0.2) is 0 Å². The monoisotopic (exact) mass is 393 g/mol. The van der Waals surface area contributed by atoms with Crippen LogP contribution in [0.15, 0.2) is 12.1 Å². The number of anilines is 1. The van der Waals surface area contributed by atoms with Gasteiger partial charge >= 0.3 is 12.2 Å². The minimum Gasteiger partial charge on any atom is -0.487 e. The van der Waals surface area contributed by atoms with Crippen LogP contribution < -0.4 is 10.1 Å². The molecule has 2 rings (SSSR count). The maximum Gasteiger partial charge on any atom is 0.413 e. The molecule has 0 aromatic carbocycles. The molecule has 0 radical (unpaired) electrons. The molecule has 0 spiro atoms. The number of hydrogen-bond donors (Lipinski definition) is 1. The van der Waals surface area contributed by atoms with Gasteiger partial charge in [0, 0.05) is 0 Å². The van der Waals surface area contributed by atoms with Crippen molar-refractivity contribution in [1.29, 1.82) is 0 Å². The zero-order valence-electron chi connectivity index (χ0n) is 17.8. The summed E-state index contributed by atoms with van der Waals surface area (Å²) >= 11 is 0. The van der Waals surface area contributed by atoms with Crippen molar-refractivity contribution in [2.75, 3.05) is 11.9 Å². The van der Waals surface area contributed by atoms with Gasteiger partial charge in [0.2, 0.25) is 0 Å². The Morgan fingerprint density at radius 3 is 2.39 bits per heavy atom. The molecule has 8 nitrogen and oxygen atoms in total. The Morgan fingerprint density at radius 2 is 1.82 bits per heavy atom. The first-order valence-corrected chi connectivity index (χ1v) is 9.51. The fourth-order valence-electron chi connectivity index (χ4n) is 2.57.